The monoisotopic (exact) mass is 242 g/mol. The SMILES string of the molecule is CCCN1CCCC(C(C)NC(C)C(=O)O)C1. The molecule has 1 fully saturated rings. The first kappa shape index (κ1) is 14.5. The van der Waals surface area contributed by atoms with Gasteiger partial charge in [-0.25, -0.2) is 0 Å². The van der Waals surface area contributed by atoms with Crippen LogP contribution >= 0.6 is 0 Å². The molecule has 4 nitrogen and oxygen atoms in total. The van der Waals surface area contributed by atoms with Crippen LogP contribution < -0.4 is 5.32 Å². The Hall–Kier alpha value is -0.610. The van der Waals surface area contributed by atoms with Crippen molar-refractivity contribution in [2.75, 3.05) is 19.6 Å². The highest BCUT2D eigenvalue weighted by molar-refractivity contribution is 5.72. The van der Waals surface area contributed by atoms with Crippen LogP contribution in [0.4, 0.5) is 0 Å². The van der Waals surface area contributed by atoms with Crippen LogP contribution in [0, 0.1) is 5.92 Å². The summed E-state index contributed by atoms with van der Waals surface area (Å²) in [6.45, 7) is 9.50. The van der Waals surface area contributed by atoms with Gasteiger partial charge in [-0.05, 0) is 52.1 Å². The van der Waals surface area contributed by atoms with Gasteiger partial charge in [-0.15, -0.1) is 0 Å². The van der Waals surface area contributed by atoms with Crippen LogP contribution in [0.1, 0.15) is 40.0 Å². The van der Waals surface area contributed by atoms with Gasteiger partial charge in [-0.3, -0.25) is 4.79 Å². The zero-order valence-corrected chi connectivity index (χ0v) is 11.3. The largest absolute Gasteiger partial charge is 0.480 e. The molecule has 0 amide bonds. The maximum Gasteiger partial charge on any atom is 0.320 e. The van der Waals surface area contributed by atoms with E-state index in [1.807, 2.05) is 0 Å². The fraction of sp³-hybridized carbons (Fsp3) is 0.923. The van der Waals surface area contributed by atoms with Gasteiger partial charge in [0.2, 0.25) is 0 Å². The Morgan fingerprint density at radius 1 is 1.53 bits per heavy atom. The molecule has 17 heavy (non-hydrogen) atoms. The highest BCUT2D eigenvalue weighted by atomic mass is 16.4. The third-order valence-corrected chi connectivity index (χ3v) is 3.67. The van der Waals surface area contributed by atoms with Crippen LogP contribution in [0.15, 0.2) is 0 Å². The smallest absolute Gasteiger partial charge is 0.320 e. The van der Waals surface area contributed by atoms with E-state index in [4.69, 9.17) is 5.11 Å². The second-order valence-corrected chi connectivity index (χ2v) is 5.22. The van der Waals surface area contributed by atoms with Gasteiger partial charge in [-0.1, -0.05) is 6.92 Å². The molecule has 3 atom stereocenters. The average Bonchev–Trinajstić information content (AvgIpc) is 2.29. The standard InChI is InChI=1S/C13H26N2O2/c1-4-7-15-8-5-6-12(9-15)10(2)14-11(3)13(16)17/h10-12,14H,4-9H2,1-3H3,(H,16,17). The highest BCUT2D eigenvalue weighted by Crippen LogP contribution is 2.20. The molecule has 0 aromatic rings. The average molecular weight is 242 g/mol. The Kier molecular flexibility index (Phi) is 5.92. The summed E-state index contributed by atoms with van der Waals surface area (Å²) in [4.78, 5) is 13.3. The lowest BCUT2D eigenvalue weighted by molar-refractivity contribution is -0.139. The van der Waals surface area contributed by atoms with E-state index in [-0.39, 0.29) is 6.04 Å². The number of carbonyl (C=O) groups is 1. The molecule has 1 aliphatic heterocycles. The molecule has 1 saturated heterocycles. The molecular formula is C13H26N2O2. The number of aliphatic carboxylic acids is 1. The van der Waals surface area contributed by atoms with E-state index in [2.05, 4.69) is 24.1 Å². The summed E-state index contributed by atoms with van der Waals surface area (Å²) < 4.78 is 0. The lowest BCUT2D eigenvalue weighted by Gasteiger charge is -2.36. The number of hydrogen-bond acceptors (Lipinski definition) is 3. The molecule has 1 heterocycles. The Morgan fingerprint density at radius 3 is 2.82 bits per heavy atom. The van der Waals surface area contributed by atoms with Crippen LogP contribution in [-0.2, 0) is 4.79 Å². The molecular weight excluding hydrogens is 216 g/mol. The maximum absolute atomic E-state index is 10.8. The Morgan fingerprint density at radius 2 is 2.24 bits per heavy atom. The predicted octanol–water partition coefficient (Wildman–Crippen LogP) is 1.56. The molecule has 1 aliphatic rings. The van der Waals surface area contributed by atoms with Gasteiger partial charge in [-0.2, -0.15) is 0 Å². The molecule has 3 unspecified atom stereocenters. The molecule has 2 N–H and O–H groups in total. The lowest BCUT2D eigenvalue weighted by atomic mass is 9.91. The van der Waals surface area contributed by atoms with E-state index >= 15 is 0 Å². The summed E-state index contributed by atoms with van der Waals surface area (Å²) in [7, 11) is 0. The normalized spacial score (nSPS) is 25.5. The second-order valence-electron chi connectivity index (χ2n) is 5.22. The van der Waals surface area contributed by atoms with Gasteiger partial charge in [0.25, 0.3) is 0 Å². The van der Waals surface area contributed by atoms with Crippen molar-refractivity contribution in [3.8, 4) is 0 Å². The first-order chi connectivity index (χ1) is 8.04. The number of rotatable bonds is 6. The molecule has 100 valence electrons. The fourth-order valence-electron chi connectivity index (χ4n) is 2.62. The number of hydrogen-bond donors (Lipinski definition) is 2. The Bertz CT molecular complexity index is 244. The number of carboxylic acid groups (broad SMARTS) is 1. The van der Waals surface area contributed by atoms with Crippen molar-refractivity contribution in [1.82, 2.24) is 10.2 Å². The molecule has 0 aromatic carbocycles. The van der Waals surface area contributed by atoms with E-state index in [1.54, 1.807) is 6.92 Å². The minimum atomic E-state index is -0.766. The Labute approximate surface area is 104 Å². The van der Waals surface area contributed by atoms with E-state index in [9.17, 15) is 4.79 Å². The minimum absolute atomic E-state index is 0.278. The molecule has 0 bridgehead atoms. The summed E-state index contributed by atoms with van der Waals surface area (Å²) in [6, 6.07) is -0.174. The van der Waals surface area contributed by atoms with Gasteiger partial charge < -0.3 is 15.3 Å². The van der Waals surface area contributed by atoms with Gasteiger partial charge in [0.05, 0.1) is 0 Å². The van der Waals surface area contributed by atoms with Gasteiger partial charge in [0.15, 0.2) is 0 Å². The predicted molar refractivity (Wildman–Crippen MR) is 69.2 cm³/mol. The summed E-state index contributed by atoms with van der Waals surface area (Å²) in [5.41, 5.74) is 0. The lowest BCUT2D eigenvalue weighted by Crippen LogP contribution is -2.48. The van der Waals surface area contributed by atoms with Crippen molar-refractivity contribution >= 4 is 5.97 Å². The van der Waals surface area contributed by atoms with Gasteiger partial charge >= 0.3 is 5.97 Å². The number of nitrogens with zero attached hydrogens (tertiary/aromatic N) is 1. The van der Waals surface area contributed by atoms with Gasteiger partial charge in [0, 0.05) is 12.6 Å². The van der Waals surface area contributed by atoms with Crippen LogP contribution in [0.3, 0.4) is 0 Å². The summed E-state index contributed by atoms with van der Waals surface area (Å²) in [5, 5.41) is 12.1. The van der Waals surface area contributed by atoms with Crippen molar-refractivity contribution in [2.45, 2.75) is 52.1 Å². The van der Waals surface area contributed by atoms with Crippen molar-refractivity contribution in [1.29, 1.82) is 0 Å². The molecule has 0 saturated carbocycles. The first-order valence-corrected chi connectivity index (χ1v) is 6.75. The highest BCUT2D eigenvalue weighted by Gasteiger charge is 2.26. The van der Waals surface area contributed by atoms with Crippen molar-refractivity contribution < 1.29 is 9.90 Å². The number of likely N-dealkylation sites (tertiary alicyclic amines) is 1. The van der Waals surface area contributed by atoms with Crippen LogP contribution in [-0.4, -0.2) is 47.7 Å². The van der Waals surface area contributed by atoms with E-state index in [1.165, 1.54) is 25.8 Å². The van der Waals surface area contributed by atoms with E-state index in [0.29, 0.717) is 5.92 Å². The van der Waals surface area contributed by atoms with Crippen molar-refractivity contribution in [3.63, 3.8) is 0 Å². The zero-order valence-electron chi connectivity index (χ0n) is 11.3. The molecule has 1 rings (SSSR count). The summed E-state index contributed by atoms with van der Waals surface area (Å²) in [5.74, 6) is -0.185. The number of piperidine rings is 1. The van der Waals surface area contributed by atoms with Crippen molar-refractivity contribution in [3.05, 3.63) is 0 Å². The minimum Gasteiger partial charge on any atom is -0.480 e. The van der Waals surface area contributed by atoms with Crippen LogP contribution in [0.5, 0.6) is 0 Å². The third kappa shape index (κ3) is 4.64. The zero-order chi connectivity index (χ0) is 12.8. The second kappa shape index (κ2) is 6.97. The van der Waals surface area contributed by atoms with E-state index in [0.717, 1.165) is 13.1 Å². The molecule has 0 aliphatic carbocycles. The summed E-state index contributed by atoms with van der Waals surface area (Å²) in [6.07, 6.45) is 3.64. The van der Waals surface area contributed by atoms with E-state index < -0.39 is 12.0 Å². The first-order valence-electron chi connectivity index (χ1n) is 6.75. The fourth-order valence-corrected chi connectivity index (χ4v) is 2.62. The molecule has 0 spiro atoms. The summed E-state index contributed by atoms with van der Waals surface area (Å²) >= 11 is 0. The topological polar surface area (TPSA) is 52.6 Å². The van der Waals surface area contributed by atoms with Gasteiger partial charge in [0.1, 0.15) is 6.04 Å². The maximum atomic E-state index is 10.8. The van der Waals surface area contributed by atoms with Crippen LogP contribution in [0.25, 0.3) is 0 Å². The molecule has 0 aromatic heterocycles. The van der Waals surface area contributed by atoms with Crippen LogP contribution in [0.2, 0.25) is 0 Å². The number of carboxylic acids is 1. The van der Waals surface area contributed by atoms with Crippen molar-refractivity contribution in [2.24, 2.45) is 5.92 Å². The molecule has 4 heteroatoms. The number of nitrogens with one attached hydrogen (secondary N) is 1. The molecule has 0 radical (unpaired) electrons. The quantitative estimate of drug-likeness (QED) is 0.742. The Balaban J connectivity index is 2.40. The third-order valence-electron chi connectivity index (χ3n) is 3.67.